The molecule has 120 valence electrons. The van der Waals surface area contributed by atoms with Gasteiger partial charge in [-0.2, -0.15) is 5.10 Å². The molecule has 1 amide bonds. The van der Waals surface area contributed by atoms with E-state index in [1.54, 1.807) is 17.8 Å². The highest BCUT2D eigenvalue weighted by Gasteiger charge is 2.40. The first-order valence-electron chi connectivity index (χ1n) is 6.91. The van der Waals surface area contributed by atoms with Crippen LogP contribution in [0.3, 0.4) is 0 Å². The summed E-state index contributed by atoms with van der Waals surface area (Å²) in [5, 5.41) is 7.02. The number of carbonyl (C=O) groups excluding carboxylic acids is 1. The number of carbonyl (C=O) groups is 1. The molecule has 1 heterocycles. The normalized spacial score (nSPS) is 13.3. The third-order valence-electron chi connectivity index (χ3n) is 3.59. The van der Waals surface area contributed by atoms with Gasteiger partial charge in [-0.25, -0.2) is 8.42 Å². The monoisotopic (exact) mass is 315 g/mol. The Bertz CT molecular complexity index is 637. The largest absolute Gasteiger partial charge is 0.310 e. The Kier molecular flexibility index (Phi) is 4.58. The van der Waals surface area contributed by atoms with Crippen molar-refractivity contribution < 1.29 is 13.2 Å². The summed E-state index contributed by atoms with van der Waals surface area (Å²) in [6.07, 6.45) is 0. The van der Waals surface area contributed by atoms with Crippen molar-refractivity contribution in [2.75, 3.05) is 11.1 Å². The molecule has 0 unspecified atom stereocenters. The molecular weight excluding hydrogens is 290 g/mol. The lowest BCUT2D eigenvalue weighted by Crippen LogP contribution is -2.45. The second kappa shape index (κ2) is 5.44. The maximum Gasteiger partial charge on any atom is 0.246 e. The van der Waals surface area contributed by atoms with Gasteiger partial charge < -0.3 is 5.32 Å². The Labute approximate surface area is 126 Å². The second-order valence-electron chi connectivity index (χ2n) is 6.66. The number of hydrogen-bond donors (Lipinski definition) is 1. The summed E-state index contributed by atoms with van der Waals surface area (Å²) in [7, 11) is -1.78. The van der Waals surface area contributed by atoms with Gasteiger partial charge >= 0.3 is 0 Å². The molecule has 1 aromatic heterocycles. The van der Waals surface area contributed by atoms with Gasteiger partial charge in [0.25, 0.3) is 0 Å². The highest BCUT2D eigenvalue weighted by molar-refractivity contribution is 7.93. The van der Waals surface area contributed by atoms with E-state index in [9.17, 15) is 13.2 Å². The average Bonchev–Trinajstić information content (AvgIpc) is 2.70. The van der Waals surface area contributed by atoms with Crippen LogP contribution in [-0.4, -0.2) is 34.6 Å². The second-order valence-corrected chi connectivity index (χ2v) is 9.48. The quantitative estimate of drug-likeness (QED) is 0.919. The number of amides is 1. The number of sulfone groups is 1. The standard InChI is InChI=1S/C14H25N3O3S/c1-8-21(19,20)14(5,6)12(18)15-11-9-10(13(2,3)4)16-17(11)7/h9H,8H2,1-7H3,(H,15,18). The lowest BCUT2D eigenvalue weighted by Gasteiger charge is -2.22. The summed E-state index contributed by atoms with van der Waals surface area (Å²) >= 11 is 0. The summed E-state index contributed by atoms with van der Waals surface area (Å²) in [5.41, 5.74) is 0.683. The molecule has 0 bridgehead atoms. The van der Waals surface area contributed by atoms with Crippen LogP contribution in [0.15, 0.2) is 6.07 Å². The molecule has 1 N–H and O–H groups in total. The van der Waals surface area contributed by atoms with Crippen LogP contribution in [-0.2, 0) is 27.1 Å². The van der Waals surface area contributed by atoms with Crippen LogP contribution in [0.25, 0.3) is 0 Å². The van der Waals surface area contributed by atoms with Crippen molar-refractivity contribution in [3.05, 3.63) is 11.8 Å². The highest BCUT2D eigenvalue weighted by atomic mass is 32.2. The van der Waals surface area contributed by atoms with E-state index in [1.807, 2.05) is 20.8 Å². The van der Waals surface area contributed by atoms with E-state index in [0.29, 0.717) is 5.82 Å². The predicted octanol–water partition coefficient (Wildman–Crippen LogP) is 1.87. The Morgan fingerprint density at radius 1 is 1.29 bits per heavy atom. The molecule has 6 nitrogen and oxygen atoms in total. The zero-order valence-corrected chi connectivity index (χ0v) is 14.6. The minimum Gasteiger partial charge on any atom is -0.310 e. The summed E-state index contributed by atoms with van der Waals surface area (Å²) < 4.78 is 24.1. The Balaban J connectivity index is 3.08. The first kappa shape index (κ1) is 17.7. The number of nitrogens with zero attached hydrogens (tertiary/aromatic N) is 2. The minimum atomic E-state index is -3.49. The van der Waals surface area contributed by atoms with Crippen LogP contribution in [0.2, 0.25) is 0 Å². The van der Waals surface area contributed by atoms with Crippen molar-refractivity contribution in [3.8, 4) is 0 Å². The maximum absolute atomic E-state index is 12.3. The van der Waals surface area contributed by atoms with E-state index in [1.165, 1.54) is 20.8 Å². The molecule has 0 atom stereocenters. The molecule has 21 heavy (non-hydrogen) atoms. The van der Waals surface area contributed by atoms with Gasteiger partial charge in [0.05, 0.1) is 5.69 Å². The first-order valence-corrected chi connectivity index (χ1v) is 8.56. The molecule has 0 radical (unpaired) electrons. The SMILES string of the molecule is CCS(=O)(=O)C(C)(C)C(=O)Nc1cc(C(C)(C)C)nn1C. The molecule has 7 heteroatoms. The van der Waals surface area contributed by atoms with E-state index < -0.39 is 20.5 Å². The number of anilines is 1. The summed E-state index contributed by atoms with van der Waals surface area (Å²) in [4.78, 5) is 12.3. The number of hydrogen-bond acceptors (Lipinski definition) is 4. The van der Waals surface area contributed by atoms with Gasteiger partial charge in [-0.1, -0.05) is 27.7 Å². The fourth-order valence-corrected chi connectivity index (χ4v) is 2.77. The first-order chi connectivity index (χ1) is 9.33. The molecule has 0 saturated carbocycles. The van der Waals surface area contributed by atoms with Gasteiger partial charge in [0.2, 0.25) is 5.91 Å². The summed E-state index contributed by atoms with van der Waals surface area (Å²) in [5.74, 6) is -0.136. The molecule has 0 spiro atoms. The van der Waals surface area contributed by atoms with Crippen molar-refractivity contribution in [1.82, 2.24) is 9.78 Å². The molecule has 0 aliphatic heterocycles. The fraction of sp³-hybridized carbons (Fsp3) is 0.714. The van der Waals surface area contributed by atoms with Gasteiger partial charge in [0.1, 0.15) is 10.6 Å². The molecule has 0 saturated heterocycles. The zero-order valence-electron chi connectivity index (χ0n) is 13.8. The topological polar surface area (TPSA) is 81.1 Å². The minimum absolute atomic E-state index is 0.0773. The lowest BCUT2D eigenvalue weighted by atomic mass is 9.92. The van der Waals surface area contributed by atoms with Gasteiger partial charge in [0, 0.05) is 24.3 Å². The summed E-state index contributed by atoms with van der Waals surface area (Å²) in [6.45, 7) is 10.4. The van der Waals surface area contributed by atoms with Crippen molar-refractivity contribution in [2.45, 2.75) is 51.7 Å². The predicted molar refractivity (Wildman–Crippen MR) is 84.1 cm³/mol. The number of aryl methyl sites for hydroxylation is 1. The molecule has 1 aromatic rings. The molecular formula is C14H25N3O3S. The van der Waals surface area contributed by atoms with Crippen LogP contribution in [0.5, 0.6) is 0 Å². The smallest absolute Gasteiger partial charge is 0.246 e. The number of rotatable bonds is 4. The maximum atomic E-state index is 12.3. The molecule has 1 rings (SSSR count). The summed E-state index contributed by atoms with van der Waals surface area (Å²) in [6, 6.07) is 1.77. The van der Waals surface area contributed by atoms with Gasteiger partial charge in [0.15, 0.2) is 9.84 Å². The Hall–Kier alpha value is -1.37. The van der Waals surface area contributed by atoms with Crippen LogP contribution >= 0.6 is 0 Å². The van der Waals surface area contributed by atoms with Gasteiger partial charge in [-0.05, 0) is 13.8 Å². The molecule has 0 aliphatic rings. The van der Waals surface area contributed by atoms with Gasteiger partial charge in [-0.3, -0.25) is 9.48 Å². The highest BCUT2D eigenvalue weighted by Crippen LogP contribution is 2.25. The van der Waals surface area contributed by atoms with E-state index in [2.05, 4.69) is 10.4 Å². The van der Waals surface area contributed by atoms with Crippen LogP contribution in [0, 0.1) is 0 Å². The van der Waals surface area contributed by atoms with Crippen molar-refractivity contribution in [3.63, 3.8) is 0 Å². The van der Waals surface area contributed by atoms with E-state index >= 15 is 0 Å². The number of aromatic nitrogens is 2. The van der Waals surface area contributed by atoms with Crippen molar-refractivity contribution in [2.24, 2.45) is 7.05 Å². The Morgan fingerprint density at radius 3 is 2.19 bits per heavy atom. The third kappa shape index (κ3) is 3.45. The van der Waals surface area contributed by atoms with E-state index in [-0.39, 0.29) is 11.2 Å². The average molecular weight is 315 g/mol. The van der Waals surface area contributed by atoms with E-state index in [0.717, 1.165) is 5.69 Å². The zero-order chi connectivity index (χ0) is 16.6. The number of nitrogens with one attached hydrogen (secondary N) is 1. The van der Waals surface area contributed by atoms with Gasteiger partial charge in [-0.15, -0.1) is 0 Å². The molecule has 0 aromatic carbocycles. The fourth-order valence-electron chi connectivity index (χ4n) is 1.72. The molecule has 0 fully saturated rings. The van der Waals surface area contributed by atoms with Crippen LogP contribution < -0.4 is 5.32 Å². The Morgan fingerprint density at radius 2 is 1.81 bits per heavy atom. The van der Waals surface area contributed by atoms with Crippen molar-refractivity contribution in [1.29, 1.82) is 0 Å². The van der Waals surface area contributed by atoms with Crippen LogP contribution in [0.4, 0.5) is 5.82 Å². The van der Waals surface area contributed by atoms with Crippen molar-refractivity contribution >= 4 is 21.6 Å². The third-order valence-corrected chi connectivity index (χ3v) is 6.09. The van der Waals surface area contributed by atoms with E-state index in [4.69, 9.17) is 0 Å². The molecule has 0 aliphatic carbocycles. The lowest BCUT2D eigenvalue weighted by molar-refractivity contribution is -0.117. The van der Waals surface area contributed by atoms with Crippen LogP contribution in [0.1, 0.15) is 47.2 Å².